The van der Waals surface area contributed by atoms with E-state index >= 15 is 0 Å². The second kappa shape index (κ2) is 6.05. The van der Waals surface area contributed by atoms with Crippen LogP contribution in [0.3, 0.4) is 0 Å². The van der Waals surface area contributed by atoms with Gasteiger partial charge in [-0.2, -0.15) is 0 Å². The van der Waals surface area contributed by atoms with Crippen LogP contribution in [0, 0.1) is 0 Å². The Morgan fingerprint density at radius 1 is 1.05 bits per heavy atom. The third-order valence-electron chi connectivity index (χ3n) is 3.17. The van der Waals surface area contributed by atoms with Crippen LogP contribution >= 0.6 is 0 Å². The van der Waals surface area contributed by atoms with Crippen LogP contribution in [0.25, 0.3) is 0 Å². The largest absolute Gasteiger partial charge is 0.333 e. The molecule has 1 heterocycles. The van der Waals surface area contributed by atoms with Crippen molar-refractivity contribution < 1.29 is 4.79 Å². The summed E-state index contributed by atoms with van der Waals surface area (Å²) in [6.45, 7) is 0.771. The smallest absolute Gasteiger partial charge is 0.255 e. The highest BCUT2D eigenvalue weighted by Crippen LogP contribution is 2.12. The lowest BCUT2D eigenvalue weighted by Crippen LogP contribution is -2.11. The highest BCUT2D eigenvalue weighted by Gasteiger charge is 2.04. The van der Waals surface area contributed by atoms with E-state index in [0.29, 0.717) is 5.56 Å². The summed E-state index contributed by atoms with van der Waals surface area (Å²) in [5.41, 5.74) is 2.60. The van der Waals surface area contributed by atoms with Crippen molar-refractivity contribution in [2.75, 3.05) is 5.32 Å². The molecule has 0 saturated heterocycles. The van der Waals surface area contributed by atoms with Crippen molar-refractivity contribution in [3.05, 3.63) is 84.4 Å². The third kappa shape index (κ3) is 3.36. The molecule has 0 aliphatic heterocycles. The Bertz CT molecular complexity index is 704. The Morgan fingerprint density at radius 3 is 2.48 bits per heavy atom. The lowest BCUT2D eigenvalue weighted by Gasteiger charge is -2.07. The maximum Gasteiger partial charge on any atom is 0.255 e. The highest BCUT2D eigenvalue weighted by atomic mass is 16.1. The molecule has 0 saturated carbocycles. The summed E-state index contributed by atoms with van der Waals surface area (Å²) in [5.74, 6) is -0.0991. The average Bonchev–Trinajstić information content (AvgIpc) is 3.03. The lowest BCUT2D eigenvalue weighted by molar-refractivity contribution is 0.102. The van der Waals surface area contributed by atoms with E-state index in [0.717, 1.165) is 17.8 Å². The van der Waals surface area contributed by atoms with Crippen molar-refractivity contribution in [1.82, 2.24) is 9.55 Å². The Kier molecular flexibility index (Phi) is 3.78. The van der Waals surface area contributed by atoms with Crippen LogP contribution in [-0.4, -0.2) is 15.5 Å². The first-order valence-corrected chi connectivity index (χ1v) is 6.72. The number of nitrogens with zero attached hydrogens (tertiary/aromatic N) is 2. The van der Waals surface area contributed by atoms with Gasteiger partial charge in [-0.25, -0.2) is 4.98 Å². The molecule has 0 atom stereocenters. The number of anilines is 1. The van der Waals surface area contributed by atoms with E-state index in [-0.39, 0.29) is 5.91 Å². The van der Waals surface area contributed by atoms with Gasteiger partial charge in [-0.1, -0.05) is 30.3 Å². The summed E-state index contributed by atoms with van der Waals surface area (Å²) in [5, 5.41) is 2.89. The van der Waals surface area contributed by atoms with Crippen LogP contribution in [0.2, 0.25) is 0 Å². The normalized spacial score (nSPS) is 10.3. The van der Waals surface area contributed by atoms with Crippen LogP contribution < -0.4 is 5.32 Å². The van der Waals surface area contributed by atoms with Gasteiger partial charge in [0.25, 0.3) is 5.91 Å². The Hall–Kier alpha value is -2.88. The first kappa shape index (κ1) is 13.1. The molecule has 0 spiro atoms. The van der Waals surface area contributed by atoms with Gasteiger partial charge in [0.2, 0.25) is 0 Å². The zero-order valence-electron chi connectivity index (χ0n) is 11.4. The molecule has 3 rings (SSSR count). The van der Waals surface area contributed by atoms with Gasteiger partial charge < -0.3 is 9.88 Å². The molecular formula is C17H15N3O. The van der Waals surface area contributed by atoms with Crippen LogP contribution in [0.15, 0.2) is 73.3 Å². The number of rotatable bonds is 4. The van der Waals surface area contributed by atoms with Gasteiger partial charge in [0.15, 0.2) is 0 Å². The topological polar surface area (TPSA) is 46.9 Å². The summed E-state index contributed by atoms with van der Waals surface area (Å²) >= 11 is 0. The van der Waals surface area contributed by atoms with Crippen LogP contribution in [0.5, 0.6) is 0 Å². The summed E-state index contributed by atoms with van der Waals surface area (Å²) in [6, 6.07) is 17.0. The second-order valence-electron chi connectivity index (χ2n) is 4.75. The molecule has 1 N–H and O–H groups in total. The van der Waals surface area contributed by atoms with Gasteiger partial charge in [-0.05, 0) is 29.8 Å². The molecule has 0 aliphatic carbocycles. The van der Waals surface area contributed by atoms with Crippen molar-refractivity contribution >= 4 is 11.6 Å². The number of hydrogen-bond acceptors (Lipinski definition) is 2. The van der Waals surface area contributed by atoms with Gasteiger partial charge in [0.05, 0.1) is 6.33 Å². The average molecular weight is 277 g/mol. The van der Waals surface area contributed by atoms with Gasteiger partial charge in [0.1, 0.15) is 0 Å². The minimum atomic E-state index is -0.0991. The fourth-order valence-corrected chi connectivity index (χ4v) is 2.08. The monoisotopic (exact) mass is 277 g/mol. The summed E-state index contributed by atoms with van der Waals surface area (Å²) < 4.78 is 2.00. The van der Waals surface area contributed by atoms with E-state index in [1.165, 1.54) is 0 Å². The minimum absolute atomic E-state index is 0.0991. The van der Waals surface area contributed by atoms with Gasteiger partial charge in [-0.15, -0.1) is 0 Å². The predicted molar refractivity (Wildman–Crippen MR) is 82.2 cm³/mol. The molecule has 1 aromatic heterocycles. The number of nitrogens with one attached hydrogen (secondary N) is 1. The van der Waals surface area contributed by atoms with Gasteiger partial charge >= 0.3 is 0 Å². The Balaban J connectivity index is 1.66. The van der Waals surface area contributed by atoms with Crippen molar-refractivity contribution in [3.8, 4) is 0 Å². The highest BCUT2D eigenvalue weighted by molar-refractivity contribution is 6.04. The summed E-state index contributed by atoms with van der Waals surface area (Å²) in [6.07, 6.45) is 5.46. The quantitative estimate of drug-likeness (QED) is 0.796. The molecule has 1 amide bonds. The number of imidazole rings is 1. The van der Waals surface area contributed by atoms with Gasteiger partial charge in [0, 0.05) is 30.2 Å². The first-order valence-electron chi connectivity index (χ1n) is 6.72. The van der Waals surface area contributed by atoms with E-state index in [9.17, 15) is 4.79 Å². The van der Waals surface area contributed by atoms with Crippen molar-refractivity contribution in [2.45, 2.75) is 6.54 Å². The number of amides is 1. The molecule has 0 fully saturated rings. The number of carbonyl (C=O) groups excluding carboxylic acids is 1. The predicted octanol–water partition coefficient (Wildman–Crippen LogP) is 3.18. The Morgan fingerprint density at radius 2 is 1.81 bits per heavy atom. The van der Waals surface area contributed by atoms with E-state index in [4.69, 9.17) is 0 Å². The molecule has 2 aromatic carbocycles. The van der Waals surface area contributed by atoms with E-state index in [1.807, 2.05) is 53.2 Å². The summed E-state index contributed by atoms with van der Waals surface area (Å²) in [7, 11) is 0. The van der Waals surface area contributed by atoms with E-state index < -0.39 is 0 Å². The van der Waals surface area contributed by atoms with Crippen LogP contribution in [0.1, 0.15) is 15.9 Å². The van der Waals surface area contributed by atoms with Crippen LogP contribution in [0.4, 0.5) is 5.69 Å². The number of aromatic nitrogens is 2. The Labute approximate surface area is 123 Å². The molecule has 4 nitrogen and oxygen atoms in total. The standard InChI is InChI=1S/C17H15N3O/c21-17(15-4-2-1-3-5-15)19-16-8-6-14(7-9-16)12-20-11-10-18-13-20/h1-11,13H,12H2,(H,19,21). The maximum atomic E-state index is 12.0. The molecule has 104 valence electrons. The molecule has 0 radical (unpaired) electrons. The van der Waals surface area contributed by atoms with E-state index in [1.54, 1.807) is 24.7 Å². The van der Waals surface area contributed by atoms with Crippen molar-refractivity contribution in [3.63, 3.8) is 0 Å². The van der Waals surface area contributed by atoms with E-state index in [2.05, 4.69) is 10.3 Å². The third-order valence-corrected chi connectivity index (χ3v) is 3.17. The first-order chi connectivity index (χ1) is 10.3. The fraction of sp³-hybridized carbons (Fsp3) is 0.0588. The molecule has 21 heavy (non-hydrogen) atoms. The summed E-state index contributed by atoms with van der Waals surface area (Å²) in [4.78, 5) is 16.0. The van der Waals surface area contributed by atoms with Crippen LogP contribution in [-0.2, 0) is 6.54 Å². The molecular weight excluding hydrogens is 262 g/mol. The number of benzene rings is 2. The SMILES string of the molecule is O=C(Nc1ccc(Cn2ccnc2)cc1)c1ccccc1. The second-order valence-corrected chi connectivity index (χ2v) is 4.75. The molecule has 0 bridgehead atoms. The number of carbonyl (C=O) groups is 1. The maximum absolute atomic E-state index is 12.0. The zero-order chi connectivity index (χ0) is 14.5. The molecule has 4 heteroatoms. The minimum Gasteiger partial charge on any atom is -0.333 e. The molecule has 3 aromatic rings. The fourth-order valence-electron chi connectivity index (χ4n) is 2.08. The molecule has 0 unspecified atom stereocenters. The number of hydrogen-bond donors (Lipinski definition) is 1. The van der Waals surface area contributed by atoms with Crippen molar-refractivity contribution in [2.24, 2.45) is 0 Å². The molecule has 0 aliphatic rings. The lowest BCUT2D eigenvalue weighted by atomic mass is 10.2. The zero-order valence-corrected chi connectivity index (χ0v) is 11.4. The van der Waals surface area contributed by atoms with Gasteiger partial charge in [-0.3, -0.25) is 4.79 Å². The van der Waals surface area contributed by atoms with Crippen molar-refractivity contribution in [1.29, 1.82) is 0 Å².